The third-order valence-corrected chi connectivity index (χ3v) is 9.60. The number of Topliss-reactive ketones (excluding diaryl/α,β-unsaturated/α-hetero) is 1. The summed E-state index contributed by atoms with van der Waals surface area (Å²) in [7, 11) is 0. The Morgan fingerprint density at radius 1 is 1.12 bits per heavy atom. The van der Waals surface area contributed by atoms with E-state index in [4.69, 9.17) is 28.9 Å². The SMILES string of the molecule is N#CC1=C(N)N(c2nnc(SC3CCCCC3)s2)C2=C(C(=O)CCC2)C1c1c(Cl)cccc1Cl. The second-order valence-electron chi connectivity index (χ2n) is 8.68. The van der Waals surface area contributed by atoms with Gasteiger partial charge < -0.3 is 5.73 Å². The van der Waals surface area contributed by atoms with E-state index in [-0.39, 0.29) is 17.2 Å². The quantitative estimate of drug-likeness (QED) is 0.476. The first kappa shape index (κ1) is 23.7. The van der Waals surface area contributed by atoms with Crippen LogP contribution in [0.5, 0.6) is 0 Å². The van der Waals surface area contributed by atoms with E-state index in [1.54, 1.807) is 34.9 Å². The van der Waals surface area contributed by atoms with Gasteiger partial charge >= 0.3 is 0 Å². The molecule has 2 N–H and O–H groups in total. The van der Waals surface area contributed by atoms with Crippen LogP contribution in [0.3, 0.4) is 0 Å². The van der Waals surface area contributed by atoms with Crippen LogP contribution in [0.4, 0.5) is 5.13 Å². The van der Waals surface area contributed by atoms with E-state index in [0.717, 1.165) is 10.0 Å². The number of anilines is 1. The zero-order chi connectivity index (χ0) is 23.8. The lowest BCUT2D eigenvalue weighted by Gasteiger charge is -2.38. The van der Waals surface area contributed by atoms with E-state index >= 15 is 0 Å². The maximum absolute atomic E-state index is 13.3. The van der Waals surface area contributed by atoms with E-state index in [2.05, 4.69) is 16.3 Å². The topological polar surface area (TPSA) is 95.9 Å². The number of rotatable bonds is 4. The van der Waals surface area contributed by atoms with Gasteiger partial charge in [0.1, 0.15) is 5.82 Å². The largest absolute Gasteiger partial charge is 0.384 e. The normalized spacial score (nSPS) is 21.6. The molecule has 5 rings (SSSR count). The van der Waals surface area contributed by atoms with Crippen molar-refractivity contribution in [2.24, 2.45) is 5.73 Å². The highest BCUT2D eigenvalue weighted by Gasteiger charge is 2.42. The van der Waals surface area contributed by atoms with Crippen molar-refractivity contribution in [3.8, 4) is 6.07 Å². The highest BCUT2D eigenvalue weighted by atomic mass is 35.5. The monoisotopic (exact) mass is 531 g/mol. The first-order chi connectivity index (χ1) is 16.5. The molecular weight excluding hydrogens is 509 g/mol. The molecule has 1 aromatic carbocycles. The Bertz CT molecular complexity index is 1220. The fraction of sp³-hybridized carbons (Fsp3) is 0.417. The minimum Gasteiger partial charge on any atom is -0.384 e. The van der Waals surface area contributed by atoms with Crippen molar-refractivity contribution in [3.63, 3.8) is 0 Å². The van der Waals surface area contributed by atoms with E-state index < -0.39 is 5.92 Å². The van der Waals surface area contributed by atoms with Crippen LogP contribution in [0.25, 0.3) is 0 Å². The molecule has 1 aliphatic heterocycles. The number of hydrogen-bond donors (Lipinski definition) is 1. The number of nitriles is 1. The van der Waals surface area contributed by atoms with E-state index in [1.807, 2.05) is 0 Å². The lowest BCUT2D eigenvalue weighted by atomic mass is 9.75. The smallest absolute Gasteiger partial charge is 0.219 e. The van der Waals surface area contributed by atoms with Gasteiger partial charge in [-0.05, 0) is 37.8 Å². The summed E-state index contributed by atoms with van der Waals surface area (Å²) in [4.78, 5) is 15.0. The first-order valence-electron chi connectivity index (χ1n) is 11.4. The molecule has 1 unspecified atom stereocenters. The van der Waals surface area contributed by atoms with Gasteiger partial charge in [0.05, 0.1) is 17.6 Å². The van der Waals surface area contributed by atoms with Gasteiger partial charge in [-0.3, -0.25) is 9.69 Å². The van der Waals surface area contributed by atoms with Gasteiger partial charge in [-0.1, -0.05) is 71.6 Å². The highest BCUT2D eigenvalue weighted by Crippen LogP contribution is 2.50. The molecule has 6 nitrogen and oxygen atoms in total. The summed E-state index contributed by atoms with van der Waals surface area (Å²) >= 11 is 16.3. The molecular formula is C24H23Cl2N5OS2. The number of thioether (sulfide) groups is 1. The predicted molar refractivity (Wildman–Crippen MR) is 137 cm³/mol. The lowest BCUT2D eigenvalue weighted by molar-refractivity contribution is -0.116. The van der Waals surface area contributed by atoms with Gasteiger partial charge in [-0.2, -0.15) is 5.26 Å². The average molecular weight is 533 g/mol. The molecule has 0 saturated heterocycles. The Kier molecular flexibility index (Phi) is 6.90. The second kappa shape index (κ2) is 9.90. The fourth-order valence-corrected chi connectivity index (χ4v) is 8.05. The second-order valence-corrected chi connectivity index (χ2v) is 12.0. The molecule has 2 aromatic rings. The Hall–Kier alpha value is -2.05. The van der Waals surface area contributed by atoms with Crippen molar-refractivity contribution in [2.75, 3.05) is 4.90 Å². The van der Waals surface area contributed by atoms with Gasteiger partial charge in [0.25, 0.3) is 0 Å². The molecule has 34 heavy (non-hydrogen) atoms. The predicted octanol–water partition coefficient (Wildman–Crippen LogP) is 6.57. The van der Waals surface area contributed by atoms with E-state index in [1.165, 1.54) is 43.4 Å². The van der Waals surface area contributed by atoms with Crippen molar-refractivity contribution in [1.29, 1.82) is 5.26 Å². The zero-order valence-electron chi connectivity index (χ0n) is 18.4. The van der Waals surface area contributed by atoms with Crippen LogP contribution in [0.15, 0.2) is 45.2 Å². The molecule has 0 radical (unpaired) electrons. The van der Waals surface area contributed by atoms with E-state index in [0.29, 0.717) is 50.8 Å². The summed E-state index contributed by atoms with van der Waals surface area (Å²) in [5.41, 5.74) is 8.71. The summed E-state index contributed by atoms with van der Waals surface area (Å²) in [5, 5.41) is 20.9. The van der Waals surface area contributed by atoms with Crippen molar-refractivity contribution in [1.82, 2.24) is 10.2 Å². The minimum atomic E-state index is -0.700. The molecule has 10 heteroatoms. The summed E-state index contributed by atoms with van der Waals surface area (Å²) in [5.74, 6) is -0.467. The number of nitrogens with zero attached hydrogens (tertiary/aromatic N) is 4. The average Bonchev–Trinajstić information content (AvgIpc) is 3.27. The number of carbonyl (C=O) groups excluding carboxylic acids is 1. The van der Waals surface area contributed by atoms with E-state index in [9.17, 15) is 10.1 Å². The summed E-state index contributed by atoms with van der Waals surface area (Å²) in [6, 6.07) is 7.42. The van der Waals surface area contributed by atoms with Gasteiger partial charge in [0.15, 0.2) is 10.1 Å². The molecule has 3 aliphatic rings. The number of benzene rings is 1. The maximum Gasteiger partial charge on any atom is 0.219 e. The molecule has 2 heterocycles. The highest BCUT2D eigenvalue weighted by molar-refractivity contribution is 8.01. The first-order valence-corrected chi connectivity index (χ1v) is 13.8. The maximum atomic E-state index is 13.3. The van der Waals surface area contributed by atoms with Crippen LogP contribution in [-0.4, -0.2) is 21.2 Å². The molecule has 0 bridgehead atoms. The fourth-order valence-electron chi connectivity index (χ4n) is 5.05. The van der Waals surface area contributed by atoms with Crippen LogP contribution in [0, 0.1) is 11.3 Å². The Morgan fingerprint density at radius 3 is 2.56 bits per heavy atom. The Balaban J connectivity index is 1.60. The van der Waals surface area contributed by atoms with Gasteiger partial charge in [0, 0.05) is 38.5 Å². The molecule has 176 valence electrons. The summed E-state index contributed by atoms with van der Waals surface area (Å²) in [6.07, 6.45) is 7.93. The lowest BCUT2D eigenvalue weighted by Crippen LogP contribution is -2.38. The Morgan fingerprint density at radius 2 is 1.85 bits per heavy atom. The van der Waals surface area contributed by atoms with Gasteiger partial charge in [-0.15, -0.1) is 10.2 Å². The molecule has 0 spiro atoms. The standard InChI is InChI=1S/C24H23Cl2N5OS2/c25-15-8-4-9-16(26)20(15)19-14(12-27)22(28)31(17-10-5-11-18(32)21(17)19)23-29-30-24(34-23)33-13-6-2-1-3-7-13/h4,8-9,13,19H,1-3,5-7,10-11,28H2. The molecule has 1 atom stereocenters. The number of ketones is 1. The number of nitrogens with two attached hydrogens (primary N) is 1. The third kappa shape index (κ3) is 4.24. The van der Waals surface area contributed by atoms with Crippen LogP contribution in [0.2, 0.25) is 10.0 Å². The molecule has 1 saturated carbocycles. The van der Waals surface area contributed by atoms with Gasteiger partial charge in [0.2, 0.25) is 5.13 Å². The number of allylic oxidation sites excluding steroid dienone is 3. The van der Waals surface area contributed by atoms with Crippen molar-refractivity contribution in [2.45, 2.75) is 66.9 Å². The number of halogens is 2. The molecule has 0 amide bonds. The number of carbonyl (C=O) groups is 1. The van der Waals surface area contributed by atoms with Crippen molar-refractivity contribution < 1.29 is 4.79 Å². The van der Waals surface area contributed by atoms with Gasteiger partial charge in [-0.25, -0.2) is 0 Å². The van der Waals surface area contributed by atoms with Crippen LogP contribution < -0.4 is 10.6 Å². The zero-order valence-corrected chi connectivity index (χ0v) is 21.5. The number of aromatic nitrogens is 2. The van der Waals surface area contributed by atoms with Crippen LogP contribution in [0.1, 0.15) is 62.8 Å². The van der Waals surface area contributed by atoms with Crippen LogP contribution >= 0.6 is 46.3 Å². The molecule has 1 fully saturated rings. The van der Waals surface area contributed by atoms with Crippen LogP contribution in [-0.2, 0) is 4.79 Å². The summed E-state index contributed by atoms with van der Waals surface area (Å²) < 4.78 is 0.883. The molecule has 1 aromatic heterocycles. The summed E-state index contributed by atoms with van der Waals surface area (Å²) in [6.45, 7) is 0. The van der Waals surface area contributed by atoms with Crippen molar-refractivity contribution in [3.05, 3.63) is 56.5 Å². The minimum absolute atomic E-state index is 0.0196. The number of hydrogen-bond acceptors (Lipinski definition) is 8. The van der Waals surface area contributed by atoms with Crippen molar-refractivity contribution >= 4 is 57.2 Å². The Labute approximate surface area is 216 Å². The third-order valence-electron chi connectivity index (χ3n) is 6.61. The molecule has 2 aliphatic carbocycles.